The lowest BCUT2D eigenvalue weighted by Crippen LogP contribution is -2.28. The highest BCUT2D eigenvalue weighted by Gasteiger charge is 2.36. The number of benzene rings is 1. The molecule has 1 atom stereocenters. The average Bonchev–Trinajstić information content (AvgIpc) is 3.04. The van der Waals surface area contributed by atoms with Crippen molar-refractivity contribution in [2.75, 3.05) is 23.9 Å². The Morgan fingerprint density at radius 1 is 1.44 bits per heavy atom. The lowest BCUT2D eigenvalue weighted by atomic mass is 10.1. The summed E-state index contributed by atoms with van der Waals surface area (Å²) in [5, 5.41) is 11.9. The molecule has 0 bridgehead atoms. The van der Waals surface area contributed by atoms with Gasteiger partial charge in [-0.1, -0.05) is 6.07 Å². The zero-order valence-electron chi connectivity index (χ0n) is 14.8. The normalized spacial score (nSPS) is 16.1. The summed E-state index contributed by atoms with van der Waals surface area (Å²) in [6.45, 7) is 2.17. The standard InChI is InChI=1S/C19H17BrN4O3/c1-11-3-4-16(27-2)15(5-11)24-10-13(7-17(24)25)19(26)23-18-12(8-21)6-14(20)9-22-18/h3-6,9,13H,7,10H2,1-2H3,(H,22,23,26). The number of nitrogens with zero attached hydrogens (tertiary/aromatic N) is 3. The molecule has 0 saturated carbocycles. The van der Waals surface area contributed by atoms with E-state index in [9.17, 15) is 14.9 Å². The molecule has 1 aromatic carbocycles. The molecule has 0 spiro atoms. The number of aromatic nitrogens is 1. The van der Waals surface area contributed by atoms with Crippen LogP contribution in [0.25, 0.3) is 0 Å². The molecule has 1 unspecified atom stereocenters. The number of halogens is 1. The summed E-state index contributed by atoms with van der Waals surface area (Å²) in [4.78, 5) is 30.8. The number of carbonyl (C=O) groups is 2. The van der Waals surface area contributed by atoms with Crippen molar-refractivity contribution in [3.8, 4) is 11.8 Å². The summed E-state index contributed by atoms with van der Waals surface area (Å²) in [6.07, 6.45) is 1.58. The molecule has 1 aliphatic heterocycles. The molecule has 1 aliphatic rings. The van der Waals surface area contributed by atoms with Crippen molar-refractivity contribution in [1.82, 2.24) is 4.98 Å². The van der Waals surface area contributed by atoms with Crippen LogP contribution in [0.3, 0.4) is 0 Å². The van der Waals surface area contributed by atoms with E-state index in [1.54, 1.807) is 24.1 Å². The number of carbonyl (C=O) groups excluding carboxylic acids is 2. The molecule has 1 fully saturated rings. The van der Waals surface area contributed by atoms with E-state index in [0.717, 1.165) is 5.56 Å². The zero-order chi connectivity index (χ0) is 19.6. The largest absolute Gasteiger partial charge is 0.495 e. The molecule has 1 N–H and O–H groups in total. The van der Waals surface area contributed by atoms with Gasteiger partial charge in [0.2, 0.25) is 11.8 Å². The van der Waals surface area contributed by atoms with Crippen molar-refractivity contribution in [3.05, 3.63) is 46.1 Å². The van der Waals surface area contributed by atoms with Gasteiger partial charge in [0, 0.05) is 23.6 Å². The SMILES string of the molecule is COc1ccc(C)cc1N1CC(C(=O)Nc2ncc(Br)cc2C#N)CC1=O. The van der Waals surface area contributed by atoms with Crippen molar-refractivity contribution in [2.24, 2.45) is 5.92 Å². The zero-order valence-corrected chi connectivity index (χ0v) is 16.4. The van der Waals surface area contributed by atoms with E-state index in [2.05, 4.69) is 26.2 Å². The Bertz CT molecular complexity index is 954. The Balaban J connectivity index is 1.79. The fourth-order valence-electron chi connectivity index (χ4n) is 2.97. The highest BCUT2D eigenvalue weighted by Crippen LogP contribution is 2.34. The minimum atomic E-state index is -0.542. The Labute approximate surface area is 165 Å². The van der Waals surface area contributed by atoms with Gasteiger partial charge in [-0.15, -0.1) is 0 Å². The molecule has 27 heavy (non-hydrogen) atoms. The summed E-state index contributed by atoms with van der Waals surface area (Å²) in [5.41, 5.74) is 1.89. The molecule has 8 heteroatoms. The Morgan fingerprint density at radius 2 is 2.22 bits per heavy atom. The molecule has 2 amide bonds. The fraction of sp³-hybridized carbons (Fsp3) is 0.263. The van der Waals surface area contributed by atoms with E-state index in [-0.39, 0.29) is 36.2 Å². The third-order valence-electron chi connectivity index (χ3n) is 4.34. The number of nitriles is 1. The van der Waals surface area contributed by atoms with Gasteiger partial charge in [-0.25, -0.2) is 4.98 Å². The van der Waals surface area contributed by atoms with Crippen LogP contribution in [0.15, 0.2) is 34.9 Å². The van der Waals surface area contributed by atoms with E-state index in [0.29, 0.717) is 15.9 Å². The molecule has 0 aliphatic carbocycles. The van der Waals surface area contributed by atoms with E-state index in [1.165, 1.54) is 6.20 Å². The first-order valence-electron chi connectivity index (χ1n) is 8.24. The van der Waals surface area contributed by atoms with Crippen LogP contribution in [0.1, 0.15) is 17.5 Å². The first kappa shape index (κ1) is 18.9. The van der Waals surface area contributed by atoms with Crippen molar-refractivity contribution in [2.45, 2.75) is 13.3 Å². The molecular weight excluding hydrogens is 412 g/mol. The van der Waals surface area contributed by atoms with Gasteiger partial charge in [-0.2, -0.15) is 5.26 Å². The van der Waals surface area contributed by atoms with Crippen LogP contribution in [0.5, 0.6) is 5.75 Å². The van der Waals surface area contributed by atoms with E-state index >= 15 is 0 Å². The number of methoxy groups -OCH3 is 1. The highest BCUT2D eigenvalue weighted by molar-refractivity contribution is 9.10. The predicted octanol–water partition coefficient (Wildman–Crippen LogP) is 3.02. The van der Waals surface area contributed by atoms with Crippen LogP contribution in [0, 0.1) is 24.2 Å². The first-order chi connectivity index (χ1) is 12.9. The maximum absolute atomic E-state index is 12.6. The summed E-state index contributed by atoms with van der Waals surface area (Å²) >= 11 is 3.24. The van der Waals surface area contributed by atoms with Crippen molar-refractivity contribution >= 4 is 39.2 Å². The monoisotopic (exact) mass is 428 g/mol. The molecule has 1 aromatic heterocycles. The number of amides is 2. The Kier molecular flexibility index (Phi) is 5.42. The van der Waals surface area contributed by atoms with Crippen molar-refractivity contribution < 1.29 is 14.3 Å². The van der Waals surface area contributed by atoms with Gasteiger partial charge in [-0.05, 0) is 46.6 Å². The second kappa shape index (κ2) is 7.76. The molecule has 1 saturated heterocycles. The third-order valence-corrected chi connectivity index (χ3v) is 4.77. The van der Waals surface area contributed by atoms with E-state index < -0.39 is 5.92 Å². The summed E-state index contributed by atoms with van der Waals surface area (Å²) < 4.78 is 5.99. The van der Waals surface area contributed by atoms with Gasteiger partial charge in [0.05, 0.1) is 24.3 Å². The van der Waals surface area contributed by atoms with Gasteiger partial charge < -0.3 is 15.0 Å². The van der Waals surface area contributed by atoms with Gasteiger partial charge in [0.15, 0.2) is 5.82 Å². The van der Waals surface area contributed by atoms with Crippen LogP contribution in [-0.2, 0) is 9.59 Å². The number of hydrogen-bond acceptors (Lipinski definition) is 5. The van der Waals surface area contributed by atoms with E-state index in [1.807, 2.05) is 25.1 Å². The molecule has 3 rings (SSSR count). The molecule has 2 aromatic rings. The molecule has 7 nitrogen and oxygen atoms in total. The lowest BCUT2D eigenvalue weighted by Gasteiger charge is -2.20. The lowest BCUT2D eigenvalue weighted by molar-refractivity contribution is -0.122. The minimum absolute atomic E-state index is 0.0847. The Hall–Kier alpha value is -2.92. The van der Waals surface area contributed by atoms with Crippen LogP contribution in [-0.4, -0.2) is 30.5 Å². The second-order valence-corrected chi connectivity index (χ2v) is 7.15. The maximum atomic E-state index is 12.6. The summed E-state index contributed by atoms with van der Waals surface area (Å²) in [5.74, 6) is -0.270. The van der Waals surface area contributed by atoms with Gasteiger partial charge in [0.1, 0.15) is 11.8 Å². The van der Waals surface area contributed by atoms with Crippen LogP contribution in [0.2, 0.25) is 0 Å². The van der Waals surface area contributed by atoms with Gasteiger partial charge in [0.25, 0.3) is 0 Å². The first-order valence-corrected chi connectivity index (χ1v) is 9.03. The van der Waals surface area contributed by atoms with Crippen LogP contribution in [0.4, 0.5) is 11.5 Å². The number of rotatable bonds is 4. The highest BCUT2D eigenvalue weighted by atomic mass is 79.9. The fourth-order valence-corrected chi connectivity index (χ4v) is 3.30. The average molecular weight is 429 g/mol. The second-order valence-electron chi connectivity index (χ2n) is 6.23. The maximum Gasteiger partial charge on any atom is 0.231 e. The number of anilines is 2. The molecular formula is C19H17BrN4O3. The summed E-state index contributed by atoms with van der Waals surface area (Å²) in [7, 11) is 1.54. The number of nitrogens with one attached hydrogen (secondary N) is 1. The number of ether oxygens (including phenoxy) is 1. The van der Waals surface area contributed by atoms with E-state index in [4.69, 9.17) is 4.74 Å². The minimum Gasteiger partial charge on any atom is -0.495 e. The van der Waals surface area contributed by atoms with Crippen LogP contribution >= 0.6 is 15.9 Å². The summed E-state index contributed by atoms with van der Waals surface area (Å²) in [6, 6.07) is 9.13. The van der Waals surface area contributed by atoms with Crippen molar-refractivity contribution in [3.63, 3.8) is 0 Å². The van der Waals surface area contributed by atoms with Crippen molar-refractivity contribution in [1.29, 1.82) is 5.26 Å². The van der Waals surface area contributed by atoms with Gasteiger partial charge >= 0.3 is 0 Å². The van der Waals surface area contributed by atoms with Gasteiger partial charge in [-0.3, -0.25) is 9.59 Å². The molecule has 2 heterocycles. The smallest absolute Gasteiger partial charge is 0.231 e. The predicted molar refractivity (Wildman–Crippen MR) is 103 cm³/mol. The number of pyridine rings is 1. The quantitative estimate of drug-likeness (QED) is 0.806. The Morgan fingerprint density at radius 3 is 2.93 bits per heavy atom. The third kappa shape index (κ3) is 3.93. The topological polar surface area (TPSA) is 95.3 Å². The molecule has 0 radical (unpaired) electrons. The van der Waals surface area contributed by atoms with Crippen LogP contribution < -0.4 is 15.0 Å². The number of aryl methyl sites for hydroxylation is 1. The number of hydrogen-bond donors (Lipinski definition) is 1. The molecule has 138 valence electrons.